The minimum Gasteiger partial charge on any atom is -0.479 e. The van der Waals surface area contributed by atoms with E-state index in [-0.39, 0.29) is 5.91 Å². The Morgan fingerprint density at radius 2 is 1.92 bits per heavy atom. The third-order valence-electron chi connectivity index (χ3n) is 3.63. The maximum Gasteiger partial charge on any atom is 0.261 e. The Kier molecular flexibility index (Phi) is 5.36. The normalized spacial score (nSPS) is 11.8. The first kappa shape index (κ1) is 17.0. The molecule has 1 atom stereocenters. The number of nitrogens with one attached hydrogen (secondary N) is 1. The predicted molar refractivity (Wildman–Crippen MR) is 97.0 cm³/mol. The van der Waals surface area contributed by atoms with Crippen molar-refractivity contribution >= 4 is 17.5 Å². The number of hydrogen-bond donors (Lipinski definition) is 1. The van der Waals surface area contributed by atoms with Crippen molar-refractivity contribution in [3.63, 3.8) is 0 Å². The Bertz CT molecular complexity index is 849. The summed E-state index contributed by atoms with van der Waals surface area (Å²) in [6, 6.07) is 16.9. The molecule has 128 valence electrons. The molecule has 0 aliphatic rings. The summed E-state index contributed by atoms with van der Waals surface area (Å²) in [6.07, 6.45) is 2.96. The third-order valence-corrected chi connectivity index (χ3v) is 3.95. The van der Waals surface area contributed by atoms with E-state index in [0.717, 1.165) is 11.3 Å². The highest BCUT2D eigenvalue weighted by Crippen LogP contribution is 2.24. The van der Waals surface area contributed by atoms with Crippen LogP contribution >= 0.6 is 11.6 Å². The quantitative estimate of drug-likeness (QED) is 0.735. The van der Waals surface area contributed by atoms with Crippen molar-refractivity contribution in [1.29, 1.82) is 0 Å². The fourth-order valence-electron chi connectivity index (χ4n) is 2.29. The standard InChI is InChI=1S/C19H18ClN3O2/c1-14(25-18-10-6-5-9-17(18)20)19(24)21-11-15-12-22-23(13-15)16-7-3-2-4-8-16/h2-10,12-14H,11H2,1H3,(H,21,24). The number of aromatic nitrogens is 2. The van der Waals surface area contributed by atoms with Crippen LogP contribution in [0.5, 0.6) is 5.75 Å². The zero-order valence-electron chi connectivity index (χ0n) is 13.7. The average molecular weight is 356 g/mol. The fourth-order valence-corrected chi connectivity index (χ4v) is 2.47. The Morgan fingerprint density at radius 1 is 1.20 bits per heavy atom. The molecular weight excluding hydrogens is 338 g/mol. The van der Waals surface area contributed by atoms with E-state index in [9.17, 15) is 4.79 Å². The molecule has 0 aliphatic heterocycles. The molecule has 6 heteroatoms. The number of ether oxygens (including phenoxy) is 1. The first-order valence-electron chi connectivity index (χ1n) is 7.91. The molecule has 1 unspecified atom stereocenters. The van der Waals surface area contributed by atoms with Gasteiger partial charge in [0.1, 0.15) is 5.75 Å². The SMILES string of the molecule is CC(Oc1ccccc1Cl)C(=O)NCc1cnn(-c2ccccc2)c1. The number of hydrogen-bond acceptors (Lipinski definition) is 3. The van der Waals surface area contributed by atoms with Crippen molar-refractivity contribution in [2.75, 3.05) is 0 Å². The Balaban J connectivity index is 1.55. The molecule has 0 spiro atoms. The first-order valence-corrected chi connectivity index (χ1v) is 8.29. The van der Waals surface area contributed by atoms with Gasteiger partial charge in [0.2, 0.25) is 0 Å². The Morgan fingerprint density at radius 3 is 2.68 bits per heavy atom. The molecule has 5 nitrogen and oxygen atoms in total. The van der Waals surface area contributed by atoms with Crippen molar-refractivity contribution in [3.8, 4) is 11.4 Å². The van der Waals surface area contributed by atoms with Crippen LogP contribution in [-0.2, 0) is 11.3 Å². The highest BCUT2D eigenvalue weighted by molar-refractivity contribution is 6.32. The lowest BCUT2D eigenvalue weighted by Gasteiger charge is -2.15. The third kappa shape index (κ3) is 4.39. The van der Waals surface area contributed by atoms with Gasteiger partial charge in [-0.1, -0.05) is 41.9 Å². The maximum atomic E-state index is 12.2. The molecule has 2 aromatic carbocycles. The van der Waals surface area contributed by atoms with E-state index in [1.807, 2.05) is 48.7 Å². The van der Waals surface area contributed by atoms with Gasteiger partial charge in [0.25, 0.3) is 5.91 Å². The maximum absolute atomic E-state index is 12.2. The van der Waals surface area contributed by atoms with Gasteiger partial charge in [-0.2, -0.15) is 5.10 Å². The van der Waals surface area contributed by atoms with E-state index in [2.05, 4.69) is 10.4 Å². The second-order valence-corrected chi connectivity index (χ2v) is 5.94. The van der Waals surface area contributed by atoms with Gasteiger partial charge in [0.05, 0.1) is 16.9 Å². The summed E-state index contributed by atoms with van der Waals surface area (Å²) in [7, 11) is 0. The summed E-state index contributed by atoms with van der Waals surface area (Å²) in [5.74, 6) is 0.274. The highest BCUT2D eigenvalue weighted by atomic mass is 35.5. The van der Waals surface area contributed by atoms with E-state index < -0.39 is 6.10 Å². The largest absolute Gasteiger partial charge is 0.479 e. The lowest BCUT2D eigenvalue weighted by molar-refractivity contribution is -0.127. The fraction of sp³-hybridized carbons (Fsp3) is 0.158. The number of para-hydroxylation sites is 2. The molecule has 25 heavy (non-hydrogen) atoms. The molecule has 0 saturated heterocycles. The summed E-state index contributed by atoms with van der Waals surface area (Å²) in [5.41, 5.74) is 1.87. The van der Waals surface area contributed by atoms with Crippen LogP contribution in [0.4, 0.5) is 0 Å². The molecule has 0 fully saturated rings. The smallest absolute Gasteiger partial charge is 0.261 e. The molecule has 3 aromatic rings. The second kappa shape index (κ2) is 7.85. The van der Waals surface area contributed by atoms with E-state index in [0.29, 0.717) is 17.3 Å². The minimum atomic E-state index is -0.649. The number of carbonyl (C=O) groups is 1. The number of nitrogens with zero attached hydrogens (tertiary/aromatic N) is 2. The van der Waals surface area contributed by atoms with E-state index >= 15 is 0 Å². The van der Waals surface area contributed by atoms with Gasteiger partial charge in [-0.05, 0) is 31.2 Å². The van der Waals surface area contributed by atoms with Gasteiger partial charge in [-0.3, -0.25) is 4.79 Å². The van der Waals surface area contributed by atoms with Gasteiger partial charge >= 0.3 is 0 Å². The van der Waals surface area contributed by atoms with Crippen LogP contribution in [0.15, 0.2) is 67.0 Å². The summed E-state index contributed by atoms with van der Waals surface area (Å²) < 4.78 is 7.37. The van der Waals surface area contributed by atoms with Gasteiger partial charge < -0.3 is 10.1 Å². The van der Waals surface area contributed by atoms with Crippen LogP contribution in [0.2, 0.25) is 5.02 Å². The van der Waals surface area contributed by atoms with Gasteiger partial charge in [0, 0.05) is 18.3 Å². The number of halogens is 1. The monoisotopic (exact) mass is 355 g/mol. The topological polar surface area (TPSA) is 56.1 Å². The van der Waals surface area contributed by atoms with Crippen molar-refractivity contribution in [1.82, 2.24) is 15.1 Å². The molecule has 1 N–H and O–H groups in total. The Labute approximate surface area is 151 Å². The Hall–Kier alpha value is -2.79. The van der Waals surface area contributed by atoms with Crippen LogP contribution in [0.1, 0.15) is 12.5 Å². The van der Waals surface area contributed by atoms with Gasteiger partial charge in [-0.25, -0.2) is 4.68 Å². The first-order chi connectivity index (χ1) is 12.1. The van der Waals surface area contributed by atoms with E-state index in [1.54, 1.807) is 29.9 Å². The van der Waals surface area contributed by atoms with Crippen LogP contribution in [-0.4, -0.2) is 21.8 Å². The molecular formula is C19H18ClN3O2. The zero-order valence-corrected chi connectivity index (χ0v) is 14.5. The van der Waals surface area contributed by atoms with Gasteiger partial charge in [-0.15, -0.1) is 0 Å². The summed E-state index contributed by atoms with van der Waals surface area (Å²) in [6.45, 7) is 2.06. The van der Waals surface area contributed by atoms with Crippen LogP contribution in [0, 0.1) is 0 Å². The number of rotatable bonds is 6. The molecule has 0 radical (unpaired) electrons. The highest BCUT2D eigenvalue weighted by Gasteiger charge is 2.15. The molecule has 0 bridgehead atoms. The lowest BCUT2D eigenvalue weighted by atomic mass is 10.3. The molecule has 1 heterocycles. The van der Waals surface area contributed by atoms with Crippen molar-refractivity contribution in [2.45, 2.75) is 19.6 Å². The summed E-state index contributed by atoms with van der Waals surface area (Å²) in [4.78, 5) is 12.2. The second-order valence-electron chi connectivity index (χ2n) is 5.54. The minimum absolute atomic E-state index is 0.215. The zero-order chi connectivity index (χ0) is 17.6. The lowest BCUT2D eigenvalue weighted by Crippen LogP contribution is -2.35. The number of benzene rings is 2. The number of amides is 1. The van der Waals surface area contributed by atoms with Crippen molar-refractivity contribution in [2.24, 2.45) is 0 Å². The van der Waals surface area contributed by atoms with Gasteiger partial charge in [0.15, 0.2) is 6.10 Å². The molecule has 1 amide bonds. The molecule has 1 aromatic heterocycles. The van der Waals surface area contributed by atoms with E-state index in [4.69, 9.17) is 16.3 Å². The van der Waals surface area contributed by atoms with E-state index in [1.165, 1.54) is 0 Å². The average Bonchev–Trinajstić information content (AvgIpc) is 3.11. The predicted octanol–water partition coefficient (Wildman–Crippen LogP) is 3.61. The van der Waals surface area contributed by atoms with Crippen molar-refractivity contribution < 1.29 is 9.53 Å². The molecule has 3 rings (SSSR count). The van der Waals surface area contributed by atoms with Crippen LogP contribution < -0.4 is 10.1 Å². The summed E-state index contributed by atoms with van der Waals surface area (Å²) >= 11 is 6.04. The molecule has 0 saturated carbocycles. The summed E-state index contributed by atoms with van der Waals surface area (Å²) in [5, 5.41) is 7.63. The van der Waals surface area contributed by atoms with Crippen LogP contribution in [0.25, 0.3) is 5.69 Å². The van der Waals surface area contributed by atoms with Crippen molar-refractivity contribution in [3.05, 3.63) is 77.6 Å². The molecule has 0 aliphatic carbocycles. The number of carbonyl (C=O) groups excluding carboxylic acids is 1. The van der Waals surface area contributed by atoms with Crippen LogP contribution in [0.3, 0.4) is 0 Å².